The average Bonchev–Trinajstić information content (AvgIpc) is 3.07. The summed E-state index contributed by atoms with van der Waals surface area (Å²) in [6.07, 6.45) is 4.63. The molecule has 0 fully saturated rings. The highest BCUT2D eigenvalue weighted by molar-refractivity contribution is 7.90. The van der Waals surface area contributed by atoms with E-state index in [1.165, 1.54) is 6.26 Å². The Morgan fingerprint density at radius 3 is 2.67 bits per heavy atom. The summed E-state index contributed by atoms with van der Waals surface area (Å²) in [5, 5.41) is 2.90. The van der Waals surface area contributed by atoms with Gasteiger partial charge in [-0.3, -0.25) is 4.79 Å². The van der Waals surface area contributed by atoms with Gasteiger partial charge in [0.2, 0.25) is 5.91 Å². The average molecular weight is 385 g/mol. The lowest BCUT2D eigenvalue weighted by Gasteiger charge is -2.13. The molecule has 2 aromatic rings. The van der Waals surface area contributed by atoms with Gasteiger partial charge in [-0.15, -0.1) is 6.58 Å². The van der Waals surface area contributed by atoms with Gasteiger partial charge in [-0.25, -0.2) is 8.42 Å². The highest BCUT2D eigenvalue weighted by atomic mass is 32.2. The molecule has 0 aliphatic carbocycles. The molecule has 0 radical (unpaired) electrons. The second-order valence-electron chi connectivity index (χ2n) is 6.67. The first-order valence-electron chi connectivity index (χ1n) is 8.85. The smallest absolute Gasteiger partial charge is 0.220 e. The van der Waals surface area contributed by atoms with Crippen molar-refractivity contribution >= 4 is 15.7 Å². The third-order valence-electron chi connectivity index (χ3n) is 4.52. The molecule has 1 heterocycles. The molecule has 0 spiro atoms. The molecule has 1 atom stereocenters. The van der Waals surface area contributed by atoms with E-state index < -0.39 is 9.84 Å². The molecular formula is C21H23NO4S. The highest BCUT2D eigenvalue weighted by Gasteiger charge is 2.26. The van der Waals surface area contributed by atoms with E-state index >= 15 is 0 Å². The van der Waals surface area contributed by atoms with Gasteiger partial charge in [0.15, 0.2) is 9.84 Å². The zero-order chi connectivity index (χ0) is 19.4. The number of sulfone groups is 1. The molecule has 5 nitrogen and oxygen atoms in total. The fourth-order valence-corrected chi connectivity index (χ4v) is 3.74. The first-order valence-corrected chi connectivity index (χ1v) is 10.7. The van der Waals surface area contributed by atoms with Crippen LogP contribution >= 0.6 is 0 Å². The number of fused-ring (bicyclic) bond motifs is 1. The maximum atomic E-state index is 11.8. The molecule has 0 saturated heterocycles. The van der Waals surface area contributed by atoms with Gasteiger partial charge in [-0.2, -0.15) is 0 Å². The summed E-state index contributed by atoms with van der Waals surface area (Å²) in [7, 11) is -3.22. The second kappa shape index (κ2) is 7.96. The number of rotatable bonds is 7. The van der Waals surface area contributed by atoms with Gasteiger partial charge < -0.3 is 10.1 Å². The third-order valence-corrected chi connectivity index (χ3v) is 5.65. The van der Waals surface area contributed by atoms with E-state index in [9.17, 15) is 13.2 Å². The van der Waals surface area contributed by atoms with Crippen LogP contribution in [0.2, 0.25) is 0 Å². The van der Waals surface area contributed by atoms with Crippen LogP contribution in [0.4, 0.5) is 0 Å². The Hall–Kier alpha value is -2.60. The minimum absolute atomic E-state index is 0.00829. The van der Waals surface area contributed by atoms with Gasteiger partial charge in [-0.05, 0) is 29.7 Å². The molecule has 0 unspecified atom stereocenters. The van der Waals surface area contributed by atoms with Gasteiger partial charge in [-0.1, -0.05) is 36.4 Å². The number of amides is 1. The van der Waals surface area contributed by atoms with Crippen LogP contribution in [-0.4, -0.2) is 33.2 Å². The number of hydrogen-bond acceptors (Lipinski definition) is 4. The number of carbonyl (C=O) groups is 1. The van der Waals surface area contributed by atoms with Gasteiger partial charge in [0, 0.05) is 24.7 Å². The number of ether oxygens (including phenoxy) is 1. The predicted molar refractivity (Wildman–Crippen MR) is 106 cm³/mol. The lowest BCUT2D eigenvalue weighted by Crippen LogP contribution is -2.34. The second-order valence-corrected chi connectivity index (χ2v) is 8.68. The number of para-hydroxylation sites is 1. The summed E-state index contributed by atoms with van der Waals surface area (Å²) in [6.45, 7) is 4.07. The van der Waals surface area contributed by atoms with Gasteiger partial charge in [0.1, 0.15) is 11.9 Å². The van der Waals surface area contributed by atoms with Crippen molar-refractivity contribution < 1.29 is 17.9 Å². The Balaban J connectivity index is 1.73. The normalized spacial score (nSPS) is 15.7. The summed E-state index contributed by atoms with van der Waals surface area (Å²) >= 11 is 0. The van der Waals surface area contributed by atoms with Gasteiger partial charge in [0.25, 0.3) is 0 Å². The Kier molecular flexibility index (Phi) is 5.65. The maximum absolute atomic E-state index is 11.8. The fraction of sp³-hybridized carbons (Fsp3) is 0.286. The van der Waals surface area contributed by atoms with Crippen LogP contribution in [0.5, 0.6) is 5.75 Å². The summed E-state index contributed by atoms with van der Waals surface area (Å²) in [6, 6.07) is 12.7. The molecule has 1 N–H and O–H groups in total. The zero-order valence-corrected chi connectivity index (χ0v) is 16.1. The molecule has 27 heavy (non-hydrogen) atoms. The summed E-state index contributed by atoms with van der Waals surface area (Å²) in [4.78, 5) is 12.1. The largest absolute Gasteiger partial charge is 0.487 e. The number of benzene rings is 2. The summed E-state index contributed by atoms with van der Waals surface area (Å²) < 4.78 is 29.4. The van der Waals surface area contributed by atoms with E-state index in [0.717, 1.165) is 28.9 Å². The van der Waals surface area contributed by atoms with Crippen LogP contribution in [0.1, 0.15) is 18.4 Å². The van der Waals surface area contributed by atoms with Crippen LogP contribution in [0.25, 0.3) is 11.1 Å². The van der Waals surface area contributed by atoms with Crippen LogP contribution < -0.4 is 10.1 Å². The molecule has 6 heteroatoms. The topological polar surface area (TPSA) is 72.5 Å². The van der Waals surface area contributed by atoms with E-state index in [4.69, 9.17) is 4.74 Å². The van der Waals surface area contributed by atoms with Crippen molar-refractivity contribution in [3.63, 3.8) is 0 Å². The van der Waals surface area contributed by atoms with E-state index in [2.05, 4.69) is 11.9 Å². The Bertz CT molecular complexity index is 949. The summed E-state index contributed by atoms with van der Waals surface area (Å²) in [5.41, 5.74) is 2.91. The van der Waals surface area contributed by atoms with Crippen molar-refractivity contribution in [3.8, 4) is 16.9 Å². The van der Waals surface area contributed by atoms with Gasteiger partial charge in [0.05, 0.1) is 11.4 Å². The van der Waals surface area contributed by atoms with Crippen molar-refractivity contribution in [3.05, 3.63) is 60.7 Å². The Morgan fingerprint density at radius 1 is 1.26 bits per heavy atom. The first-order chi connectivity index (χ1) is 12.9. The molecule has 1 aliphatic rings. The predicted octanol–water partition coefficient (Wildman–Crippen LogP) is 3.14. The van der Waals surface area contributed by atoms with E-state index in [-0.39, 0.29) is 12.0 Å². The molecule has 3 rings (SSSR count). The highest BCUT2D eigenvalue weighted by Crippen LogP contribution is 2.38. The fourth-order valence-electron chi connectivity index (χ4n) is 3.11. The quantitative estimate of drug-likeness (QED) is 0.743. The molecule has 1 amide bonds. The van der Waals surface area contributed by atoms with Crippen molar-refractivity contribution in [2.24, 2.45) is 0 Å². The number of hydrogen-bond donors (Lipinski definition) is 1. The van der Waals surface area contributed by atoms with Crippen LogP contribution in [0, 0.1) is 0 Å². The Labute approximate surface area is 160 Å². The first kappa shape index (κ1) is 19.2. The van der Waals surface area contributed by atoms with Crippen molar-refractivity contribution in [2.75, 3.05) is 12.8 Å². The number of nitrogens with one attached hydrogen (secondary N) is 1. The van der Waals surface area contributed by atoms with Gasteiger partial charge >= 0.3 is 0 Å². The Morgan fingerprint density at radius 2 is 2.00 bits per heavy atom. The standard InChI is InChI=1S/C21H23NO4S/c1-3-4-8-20(23)22-14-17-13-16-6-5-7-19(21(16)26-17)15-9-11-18(12-10-15)27(2,24)25/h3,5-7,9-12,17H,1,4,8,13-14H2,2H3,(H,22,23)/t17-/m1/s1. The van der Waals surface area contributed by atoms with Crippen LogP contribution in [0.15, 0.2) is 60.0 Å². The van der Waals surface area contributed by atoms with E-state index in [1.807, 2.05) is 18.2 Å². The van der Waals surface area contributed by atoms with E-state index in [0.29, 0.717) is 24.3 Å². The molecule has 0 aromatic heterocycles. The maximum Gasteiger partial charge on any atom is 0.220 e. The summed E-state index contributed by atoms with van der Waals surface area (Å²) in [5.74, 6) is 0.793. The van der Waals surface area contributed by atoms with E-state index in [1.54, 1.807) is 30.3 Å². The SMILES string of the molecule is C=CCCC(=O)NC[C@H]1Cc2cccc(-c3ccc(S(C)(=O)=O)cc3)c2O1. The monoisotopic (exact) mass is 385 g/mol. The molecule has 2 aromatic carbocycles. The van der Waals surface area contributed by atoms with Crippen molar-refractivity contribution in [2.45, 2.75) is 30.3 Å². The van der Waals surface area contributed by atoms with Crippen molar-refractivity contribution in [1.82, 2.24) is 5.32 Å². The minimum Gasteiger partial charge on any atom is -0.487 e. The molecule has 0 bridgehead atoms. The molecule has 0 saturated carbocycles. The number of allylic oxidation sites excluding steroid dienone is 1. The van der Waals surface area contributed by atoms with Crippen LogP contribution in [-0.2, 0) is 21.1 Å². The van der Waals surface area contributed by atoms with Crippen molar-refractivity contribution in [1.29, 1.82) is 0 Å². The lowest BCUT2D eigenvalue weighted by atomic mass is 10.0. The zero-order valence-electron chi connectivity index (χ0n) is 15.3. The molecule has 142 valence electrons. The van der Waals surface area contributed by atoms with Crippen LogP contribution in [0.3, 0.4) is 0 Å². The third kappa shape index (κ3) is 4.57. The molecule has 1 aliphatic heterocycles. The minimum atomic E-state index is -3.22. The lowest BCUT2D eigenvalue weighted by molar-refractivity contribution is -0.121. The number of carbonyl (C=O) groups excluding carboxylic acids is 1. The molecular weight excluding hydrogens is 362 g/mol.